The Balaban J connectivity index is 2.52. The summed E-state index contributed by atoms with van der Waals surface area (Å²) in [6.45, 7) is 1.75. The van der Waals surface area contributed by atoms with Gasteiger partial charge in [0.1, 0.15) is 6.29 Å². The highest BCUT2D eigenvalue weighted by atomic mass is 35.5. The summed E-state index contributed by atoms with van der Waals surface area (Å²) in [6, 6.07) is 0. The molecule has 0 spiro atoms. The highest BCUT2D eigenvalue weighted by Gasteiger charge is 2.18. The average Bonchev–Trinajstić information content (AvgIpc) is 2.71. The summed E-state index contributed by atoms with van der Waals surface area (Å²) in [4.78, 5) is 10.2. The molecule has 0 saturated heterocycles. The third kappa shape index (κ3) is 3.38. The van der Waals surface area contributed by atoms with Crippen LogP contribution in [-0.4, -0.2) is 6.29 Å². The van der Waals surface area contributed by atoms with Crippen LogP contribution in [-0.2, 0) is 4.79 Å². The second kappa shape index (κ2) is 3.72. The van der Waals surface area contributed by atoms with Crippen LogP contribution < -0.4 is 0 Å². The van der Waals surface area contributed by atoms with Gasteiger partial charge in [-0.15, -0.1) is 0 Å². The Hall–Kier alpha value is -0.560. The molecule has 1 aliphatic carbocycles. The highest BCUT2D eigenvalue weighted by molar-refractivity contribution is 6.31. The molecular weight excluding hydrogens is 160 g/mol. The number of rotatable bonds is 3. The molecule has 2 heteroatoms. The third-order valence-corrected chi connectivity index (χ3v) is 1.80. The molecule has 0 aliphatic heterocycles. The predicted molar refractivity (Wildman–Crippen MR) is 46.5 cm³/mol. The summed E-state index contributed by atoms with van der Waals surface area (Å²) in [5.41, 5.74) is 0.673. The van der Waals surface area contributed by atoms with E-state index >= 15 is 0 Å². The van der Waals surface area contributed by atoms with Crippen molar-refractivity contribution in [3.63, 3.8) is 0 Å². The van der Waals surface area contributed by atoms with E-state index in [2.05, 4.69) is 0 Å². The van der Waals surface area contributed by atoms with E-state index in [0.29, 0.717) is 16.5 Å². The number of allylic oxidation sites excluding steroid dienone is 4. The lowest BCUT2D eigenvalue weighted by Gasteiger charge is -1.88. The van der Waals surface area contributed by atoms with Crippen molar-refractivity contribution in [2.75, 3.05) is 0 Å². The van der Waals surface area contributed by atoms with Gasteiger partial charge < -0.3 is 0 Å². The van der Waals surface area contributed by atoms with Crippen molar-refractivity contribution in [2.45, 2.75) is 19.8 Å². The fraction of sp³-hybridized carbons (Fsp3) is 0.444. The minimum Gasteiger partial charge on any atom is -0.298 e. The van der Waals surface area contributed by atoms with Crippen molar-refractivity contribution in [1.29, 1.82) is 0 Å². The number of carbonyl (C=O) groups is 1. The normalized spacial score (nSPS) is 20.2. The Kier molecular flexibility index (Phi) is 2.89. The first-order valence-corrected chi connectivity index (χ1v) is 4.11. The van der Waals surface area contributed by atoms with E-state index in [-0.39, 0.29) is 0 Å². The lowest BCUT2D eigenvalue weighted by atomic mass is 10.3. The van der Waals surface area contributed by atoms with Crippen LogP contribution in [0, 0.1) is 5.92 Å². The van der Waals surface area contributed by atoms with Crippen LogP contribution in [0.4, 0.5) is 0 Å². The predicted octanol–water partition coefficient (Wildman–Crippen LogP) is 2.66. The van der Waals surface area contributed by atoms with E-state index in [1.807, 2.05) is 6.08 Å². The van der Waals surface area contributed by atoms with Gasteiger partial charge in [-0.3, -0.25) is 4.79 Å². The molecule has 0 bridgehead atoms. The molecule has 0 aromatic carbocycles. The maximum absolute atomic E-state index is 10.2. The average molecular weight is 171 g/mol. The standard InChI is InChI=1S/C9H11ClO/c1-7(6-11)4-9(10)5-8-2-3-8/h4-6,8H,2-3H2,1H3/b7-4+,9-5+. The number of hydrogen-bond acceptors (Lipinski definition) is 1. The van der Waals surface area contributed by atoms with Gasteiger partial charge in [0.2, 0.25) is 0 Å². The van der Waals surface area contributed by atoms with Crippen molar-refractivity contribution in [2.24, 2.45) is 5.92 Å². The van der Waals surface area contributed by atoms with Crippen LogP contribution in [0.15, 0.2) is 22.8 Å². The molecule has 60 valence electrons. The molecule has 1 saturated carbocycles. The van der Waals surface area contributed by atoms with Crippen LogP contribution in [0.1, 0.15) is 19.8 Å². The monoisotopic (exact) mass is 170 g/mol. The molecular formula is C9H11ClO. The van der Waals surface area contributed by atoms with Crippen LogP contribution in [0.3, 0.4) is 0 Å². The first-order valence-electron chi connectivity index (χ1n) is 3.73. The molecule has 0 N–H and O–H groups in total. The molecule has 1 nitrogen and oxygen atoms in total. The van der Waals surface area contributed by atoms with Crippen molar-refractivity contribution in [1.82, 2.24) is 0 Å². The molecule has 11 heavy (non-hydrogen) atoms. The highest BCUT2D eigenvalue weighted by Crippen LogP contribution is 2.32. The maximum atomic E-state index is 10.2. The van der Waals surface area contributed by atoms with Gasteiger partial charge in [0.25, 0.3) is 0 Å². The van der Waals surface area contributed by atoms with Gasteiger partial charge in [0.15, 0.2) is 0 Å². The van der Waals surface area contributed by atoms with E-state index in [0.717, 1.165) is 6.29 Å². The maximum Gasteiger partial charge on any atom is 0.145 e. The summed E-state index contributed by atoms with van der Waals surface area (Å²) in [6.07, 6.45) is 7.00. The van der Waals surface area contributed by atoms with E-state index in [4.69, 9.17) is 11.6 Å². The number of carbonyl (C=O) groups excluding carboxylic acids is 1. The van der Waals surface area contributed by atoms with Crippen molar-refractivity contribution in [3.8, 4) is 0 Å². The molecule has 0 heterocycles. The smallest absolute Gasteiger partial charge is 0.145 e. The molecule has 0 amide bonds. The van der Waals surface area contributed by atoms with Crippen molar-refractivity contribution in [3.05, 3.63) is 22.8 Å². The third-order valence-electron chi connectivity index (χ3n) is 1.57. The van der Waals surface area contributed by atoms with Crippen molar-refractivity contribution >= 4 is 17.9 Å². The van der Waals surface area contributed by atoms with Gasteiger partial charge in [0.05, 0.1) is 0 Å². The molecule has 0 unspecified atom stereocenters. The van der Waals surface area contributed by atoms with Crippen LogP contribution in [0.2, 0.25) is 0 Å². The Morgan fingerprint density at radius 2 is 2.18 bits per heavy atom. The van der Waals surface area contributed by atoms with Gasteiger partial charge in [-0.05, 0) is 37.3 Å². The number of aldehydes is 1. The van der Waals surface area contributed by atoms with Gasteiger partial charge in [-0.2, -0.15) is 0 Å². The van der Waals surface area contributed by atoms with E-state index in [1.165, 1.54) is 12.8 Å². The summed E-state index contributed by atoms with van der Waals surface area (Å²) in [5.74, 6) is 0.665. The van der Waals surface area contributed by atoms with Crippen molar-refractivity contribution < 1.29 is 4.79 Å². The van der Waals surface area contributed by atoms with E-state index in [9.17, 15) is 4.79 Å². The minimum atomic E-state index is 0.665. The lowest BCUT2D eigenvalue weighted by molar-refractivity contribution is -0.104. The second-order valence-electron chi connectivity index (χ2n) is 2.90. The SMILES string of the molecule is C/C(C=O)=C\C(Cl)=C/C1CC1. The van der Waals surface area contributed by atoms with Gasteiger partial charge >= 0.3 is 0 Å². The summed E-state index contributed by atoms with van der Waals surface area (Å²) in [5, 5.41) is 0.692. The number of halogens is 1. The van der Waals surface area contributed by atoms with Gasteiger partial charge in [0, 0.05) is 5.03 Å². The molecule has 0 atom stereocenters. The van der Waals surface area contributed by atoms with E-state index < -0.39 is 0 Å². The zero-order valence-corrected chi connectivity index (χ0v) is 7.27. The fourth-order valence-electron chi connectivity index (χ4n) is 0.788. The van der Waals surface area contributed by atoms with Crippen LogP contribution >= 0.6 is 11.6 Å². The Labute approximate surface area is 71.7 Å². The topological polar surface area (TPSA) is 17.1 Å². The second-order valence-corrected chi connectivity index (χ2v) is 3.33. The molecule has 0 aromatic rings. The molecule has 1 rings (SSSR count). The zero-order valence-electron chi connectivity index (χ0n) is 6.51. The first-order chi connectivity index (χ1) is 5.22. The molecule has 1 aliphatic rings. The Morgan fingerprint density at radius 1 is 1.55 bits per heavy atom. The summed E-state index contributed by atoms with van der Waals surface area (Å²) >= 11 is 5.82. The fourth-order valence-corrected chi connectivity index (χ4v) is 1.14. The zero-order chi connectivity index (χ0) is 8.27. The van der Waals surface area contributed by atoms with E-state index in [1.54, 1.807) is 13.0 Å². The first kappa shape index (κ1) is 8.54. The minimum absolute atomic E-state index is 0.665. The van der Waals surface area contributed by atoms with Gasteiger partial charge in [-0.25, -0.2) is 0 Å². The van der Waals surface area contributed by atoms with Crippen LogP contribution in [0.25, 0.3) is 0 Å². The Bertz CT molecular complexity index is 212. The quantitative estimate of drug-likeness (QED) is 0.362. The number of hydrogen-bond donors (Lipinski definition) is 0. The Morgan fingerprint density at radius 3 is 2.64 bits per heavy atom. The van der Waals surface area contributed by atoms with Gasteiger partial charge in [-0.1, -0.05) is 17.7 Å². The largest absolute Gasteiger partial charge is 0.298 e. The molecule has 1 fully saturated rings. The lowest BCUT2D eigenvalue weighted by Crippen LogP contribution is -1.76. The summed E-state index contributed by atoms with van der Waals surface area (Å²) < 4.78 is 0. The molecule has 0 radical (unpaired) electrons. The molecule has 0 aromatic heterocycles. The van der Waals surface area contributed by atoms with Crippen LogP contribution in [0.5, 0.6) is 0 Å². The summed E-state index contributed by atoms with van der Waals surface area (Å²) in [7, 11) is 0.